The second kappa shape index (κ2) is 5.27. The van der Waals surface area contributed by atoms with Crippen molar-refractivity contribution in [1.29, 1.82) is 0 Å². The van der Waals surface area contributed by atoms with Gasteiger partial charge >= 0.3 is 0 Å². The molecule has 92 valence electrons. The van der Waals surface area contributed by atoms with E-state index in [1.54, 1.807) is 7.11 Å². The third-order valence-corrected chi connectivity index (χ3v) is 2.52. The number of aromatic amines is 1. The molecule has 16 heavy (non-hydrogen) atoms. The summed E-state index contributed by atoms with van der Waals surface area (Å²) in [4.78, 5) is 4.02. The molecule has 0 spiro atoms. The van der Waals surface area contributed by atoms with Crippen molar-refractivity contribution in [2.24, 2.45) is 0 Å². The molecule has 0 fully saturated rings. The Hall–Kier alpha value is -1.14. The number of nitrogen functional groups attached to an aromatic ring is 1. The molecular weight excluding hydrogens is 206 g/mol. The van der Waals surface area contributed by atoms with Crippen LogP contribution in [0.4, 0.5) is 5.95 Å². The summed E-state index contributed by atoms with van der Waals surface area (Å²) in [5, 5.41) is 9.85. The first-order valence-corrected chi connectivity index (χ1v) is 5.38. The predicted octanol–water partition coefficient (Wildman–Crippen LogP) is 0.680. The molecule has 4 N–H and O–H groups in total. The molecule has 0 aromatic carbocycles. The van der Waals surface area contributed by atoms with E-state index in [0.717, 1.165) is 12.2 Å². The molecule has 6 nitrogen and oxygen atoms in total. The Labute approximate surface area is 96.0 Å². The van der Waals surface area contributed by atoms with Crippen LogP contribution in [0.2, 0.25) is 0 Å². The van der Waals surface area contributed by atoms with E-state index in [-0.39, 0.29) is 11.5 Å². The molecule has 6 heteroatoms. The number of aromatic nitrogens is 3. The van der Waals surface area contributed by atoms with Crippen molar-refractivity contribution >= 4 is 5.95 Å². The molecule has 0 amide bonds. The molecule has 0 unspecified atom stereocenters. The van der Waals surface area contributed by atoms with E-state index < -0.39 is 0 Å². The Morgan fingerprint density at radius 3 is 2.75 bits per heavy atom. The summed E-state index contributed by atoms with van der Waals surface area (Å²) in [7, 11) is 1.73. The maximum Gasteiger partial charge on any atom is 0.239 e. The van der Waals surface area contributed by atoms with Gasteiger partial charge in [-0.1, -0.05) is 0 Å². The van der Waals surface area contributed by atoms with Crippen LogP contribution in [0.25, 0.3) is 0 Å². The molecule has 0 aliphatic heterocycles. The largest absolute Gasteiger partial charge is 0.379 e. The molecule has 0 radical (unpaired) electrons. The fourth-order valence-corrected chi connectivity index (χ4v) is 1.55. The number of H-pyrrole nitrogens is 1. The summed E-state index contributed by atoms with van der Waals surface area (Å²) in [6.07, 6.45) is 0.924. The van der Waals surface area contributed by atoms with Crippen LogP contribution in [0, 0.1) is 0 Å². The highest BCUT2D eigenvalue weighted by Crippen LogP contribution is 2.15. The van der Waals surface area contributed by atoms with Crippen molar-refractivity contribution in [3.05, 3.63) is 5.82 Å². The summed E-state index contributed by atoms with van der Waals surface area (Å²) in [6, 6.07) is 0.335. The van der Waals surface area contributed by atoms with Crippen LogP contribution in [-0.2, 0) is 11.3 Å². The number of methoxy groups -OCH3 is 1. The Balaban J connectivity index is 2.33. The van der Waals surface area contributed by atoms with Gasteiger partial charge < -0.3 is 15.8 Å². The Morgan fingerprint density at radius 2 is 2.25 bits per heavy atom. The molecule has 0 saturated carbocycles. The number of rotatable bonds is 6. The minimum absolute atomic E-state index is 0.118. The maximum atomic E-state index is 5.41. The number of nitrogens with zero attached hydrogens (tertiary/aromatic N) is 2. The Morgan fingerprint density at radius 1 is 1.56 bits per heavy atom. The minimum Gasteiger partial charge on any atom is -0.379 e. The van der Waals surface area contributed by atoms with Crippen LogP contribution in [0.5, 0.6) is 0 Å². The van der Waals surface area contributed by atoms with E-state index in [4.69, 9.17) is 10.5 Å². The first-order chi connectivity index (χ1) is 7.43. The Kier molecular flexibility index (Phi) is 4.26. The van der Waals surface area contributed by atoms with Gasteiger partial charge in [0, 0.05) is 13.2 Å². The summed E-state index contributed by atoms with van der Waals surface area (Å²) < 4.78 is 5.37. The predicted molar refractivity (Wildman–Crippen MR) is 62.8 cm³/mol. The van der Waals surface area contributed by atoms with E-state index in [9.17, 15) is 0 Å². The van der Waals surface area contributed by atoms with Crippen LogP contribution in [-0.4, -0.2) is 33.9 Å². The van der Waals surface area contributed by atoms with Crippen LogP contribution < -0.4 is 11.1 Å². The third-order valence-electron chi connectivity index (χ3n) is 2.52. The van der Waals surface area contributed by atoms with Gasteiger partial charge in [-0.3, -0.25) is 5.10 Å². The average molecular weight is 227 g/mol. The molecule has 0 aliphatic carbocycles. The van der Waals surface area contributed by atoms with Crippen molar-refractivity contribution in [2.45, 2.75) is 45.4 Å². The molecule has 1 aromatic heterocycles. The van der Waals surface area contributed by atoms with Crippen molar-refractivity contribution in [2.75, 3.05) is 12.8 Å². The van der Waals surface area contributed by atoms with Gasteiger partial charge in [0.2, 0.25) is 5.95 Å². The molecule has 1 heterocycles. The SMILES string of the molecule is COC(C)(C)C[C@@H](C)NCc1nc(N)n[nH]1. The van der Waals surface area contributed by atoms with Crippen LogP contribution in [0.1, 0.15) is 33.0 Å². The number of hydrogen-bond acceptors (Lipinski definition) is 5. The fourth-order valence-electron chi connectivity index (χ4n) is 1.55. The van der Waals surface area contributed by atoms with E-state index in [1.165, 1.54) is 0 Å². The fraction of sp³-hybridized carbons (Fsp3) is 0.800. The van der Waals surface area contributed by atoms with Crippen LogP contribution in [0.3, 0.4) is 0 Å². The topological polar surface area (TPSA) is 88.8 Å². The average Bonchev–Trinajstić information content (AvgIpc) is 2.61. The highest BCUT2D eigenvalue weighted by molar-refractivity contribution is 5.12. The Bertz CT molecular complexity index is 323. The lowest BCUT2D eigenvalue weighted by atomic mass is 10.00. The lowest BCUT2D eigenvalue weighted by Crippen LogP contribution is -2.35. The van der Waals surface area contributed by atoms with E-state index in [1.807, 2.05) is 0 Å². The van der Waals surface area contributed by atoms with Crippen molar-refractivity contribution in [1.82, 2.24) is 20.5 Å². The van der Waals surface area contributed by atoms with E-state index >= 15 is 0 Å². The number of nitrogens with one attached hydrogen (secondary N) is 2. The molecular formula is C10H21N5O. The number of ether oxygens (including phenoxy) is 1. The van der Waals surface area contributed by atoms with Gasteiger partial charge in [-0.2, -0.15) is 4.98 Å². The van der Waals surface area contributed by atoms with Crippen LogP contribution in [0.15, 0.2) is 0 Å². The highest BCUT2D eigenvalue weighted by Gasteiger charge is 2.19. The van der Waals surface area contributed by atoms with Gasteiger partial charge in [0.15, 0.2) is 0 Å². The molecule has 0 bridgehead atoms. The van der Waals surface area contributed by atoms with Gasteiger partial charge in [-0.25, -0.2) is 0 Å². The van der Waals surface area contributed by atoms with Gasteiger partial charge in [-0.15, -0.1) is 5.10 Å². The van der Waals surface area contributed by atoms with E-state index in [0.29, 0.717) is 12.6 Å². The summed E-state index contributed by atoms with van der Waals surface area (Å²) >= 11 is 0. The molecule has 0 saturated heterocycles. The van der Waals surface area contributed by atoms with Gasteiger partial charge in [0.05, 0.1) is 12.1 Å². The molecule has 1 atom stereocenters. The smallest absolute Gasteiger partial charge is 0.239 e. The zero-order valence-electron chi connectivity index (χ0n) is 10.4. The summed E-state index contributed by atoms with van der Waals surface area (Å²) in [5.41, 5.74) is 5.29. The van der Waals surface area contributed by atoms with Gasteiger partial charge in [0.1, 0.15) is 5.82 Å². The molecule has 1 rings (SSSR count). The van der Waals surface area contributed by atoms with Crippen molar-refractivity contribution < 1.29 is 4.74 Å². The highest BCUT2D eigenvalue weighted by atomic mass is 16.5. The monoisotopic (exact) mass is 227 g/mol. The second-order valence-electron chi connectivity index (χ2n) is 4.59. The minimum atomic E-state index is -0.118. The number of hydrogen-bond donors (Lipinski definition) is 3. The standard InChI is InChI=1S/C10H21N5O/c1-7(5-10(2,3)16-4)12-6-8-13-9(11)15-14-8/h7,12H,5-6H2,1-4H3,(H3,11,13,14,15)/t7-/m1/s1. The lowest BCUT2D eigenvalue weighted by Gasteiger charge is -2.26. The number of nitrogens with two attached hydrogens (primary N) is 1. The van der Waals surface area contributed by atoms with Crippen LogP contribution >= 0.6 is 0 Å². The van der Waals surface area contributed by atoms with Crippen molar-refractivity contribution in [3.63, 3.8) is 0 Å². The maximum absolute atomic E-state index is 5.41. The lowest BCUT2D eigenvalue weighted by molar-refractivity contribution is 0.00839. The normalized spacial score (nSPS) is 14.0. The van der Waals surface area contributed by atoms with E-state index in [2.05, 4.69) is 41.3 Å². The first kappa shape index (κ1) is 12.9. The summed E-state index contributed by atoms with van der Waals surface area (Å²) in [5.74, 6) is 1.03. The zero-order chi connectivity index (χ0) is 12.2. The first-order valence-electron chi connectivity index (χ1n) is 5.38. The van der Waals surface area contributed by atoms with Gasteiger partial charge in [-0.05, 0) is 27.2 Å². The summed E-state index contributed by atoms with van der Waals surface area (Å²) in [6.45, 7) is 6.88. The third kappa shape index (κ3) is 4.16. The number of anilines is 1. The van der Waals surface area contributed by atoms with Crippen molar-refractivity contribution in [3.8, 4) is 0 Å². The quantitative estimate of drug-likeness (QED) is 0.665. The molecule has 1 aromatic rings. The zero-order valence-corrected chi connectivity index (χ0v) is 10.4. The van der Waals surface area contributed by atoms with Gasteiger partial charge in [0.25, 0.3) is 0 Å². The second-order valence-corrected chi connectivity index (χ2v) is 4.59. The molecule has 0 aliphatic rings.